The topological polar surface area (TPSA) is 71.1 Å². The molecule has 7 unspecified atom stereocenters. The molecule has 0 N–H and O–H groups in total. The van der Waals surface area contributed by atoms with Crippen LogP contribution in [0.4, 0.5) is 0 Å². The number of esters is 2. The molecule has 2 fully saturated rings. The second-order valence-corrected chi connectivity index (χ2v) is 11.2. The molecule has 0 radical (unpaired) electrons. The summed E-state index contributed by atoms with van der Waals surface area (Å²) in [6.45, 7) is 7.94. The number of cyclic esters (lactones) is 1. The van der Waals surface area contributed by atoms with Gasteiger partial charge in [-0.25, -0.2) is 0 Å². The molecule has 3 rings (SSSR count). The SMILES string of the molecule is CCCC/C=C/C=C/C1OC(=O)CC2CC(OC(C)=O)CC(CC3CCCC(C[C@@H](C)/C=C/C1C)O3)O2. The maximum Gasteiger partial charge on any atom is 0.309 e. The molecule has 4 bridgehead atoms. The van der Waals surface area contributed by atoms with E-state index in [0.29, 0.717) is 18.8 Å². The lowest BCUT2D eigenvalue weighted by molar-refractivity contribution is -0.170. The second-order valence-electron chi connectivity index (χ2n) is 11.2. The Morgan fingerprint density at radius 2 is 1.73 bits per heavy atom. The first-order valence-corrected chi connectivity index (χ1v) is 14.5. The molecular formula is C31H48O6. The largest absolute Gasteiger partial charge is 0.462 e. The average Bonchev–Trinajstić information content (AvgIpc) is 2.83. The van der Waals surface area contributed by atoms with Crippen molar-refractivity contribution in [1.82, 2.24) is 0 Å². The van der Waals surface area contributed by atoms with Crippen LogP contribution in [0.15, 0.2) is 36.5 Å². The average molecular weight is 517 g/mol. The molecule has 2 saturated heterocycles. The van der Waals surface area contributed by atoms with Gasteiger partial charge in [0.25, 0.3) is 0 Å². The first-order chi connectivity index (χ1) is 17.8. The standard InChI is InChI=1S/C31H48O6/c1-5-6-7-8-9-10-14-30-23(3)16-15-22(2)17-25-12-11-13-26(35-25)18-28-19-27(34-24(4)32)20-29(36-28)21-31(33)37-30/h8-10,14-16,22-23,25-30H,5-7,11-13,17-21H2,1-4H3/b9-8+,14-10+,16-15+/t22-,23?,25?,26?,27?,28?,29?,30?/m0/s1. The Bertz CT molecular complexity index is 802. The lowest BCUT2D eigenvalue weighted by Gasteiger charge is -2.38. The predicted octanol–water partition coefficient (Wildman–Crippen LogP) is 6.63. The molecule has 0 spiro atoms. The van der Waals surface area contributed by atoms with Gasteiger partial charge in [0, 0.05) is 25.7 Å². The summed E-state index contributed by atoms with van der Waals surface area (Å²) in [5, 5.41) is 0. The van der Waals surface area contributed by atoms with Crippen LogP contribution in [-0.4, -0.2) is 48.6 Å². The van der Waals surface area contributed by atoms with E-state index in [1.165, 1.54) is 19.8 Å². The maximum atomic E-state index is 13.1. The zero-order valence-electron chi connectivity index (χ0n) is 23.3. The number of carbonyl (C=O) groups is 2. The fraction of sp³-hybridized carbons (Fsp3) is 0.742. The molecule has 0 saturated carbocycles. The van der Waals surface area contributed by atoms with E-state index in [4.69, 9.17) is 18.9 Å². The number of allylic oxidation sites excluding steroid dienone is 4. The van der Waals surface area contributed by atoms with Gasteiger partial charge >= 0.3 is 11.9 Å². The zero-order valence-corrected chi connectivity index (χ0v) is 23.3. The van der Waals surface area contributed by atoms with Gasteiger partial charge in [-0.1, -0.05) is 64.0 Å². The van der Waals surface area contributed by atoms with Crippen molar-refractivity contribution in [2.45, 2.75) is 135 Å². The van der Waals surface area contributed by atoms with Crippen LogP contribution >= 0.6 is 0 Å². The van der Waals surface area contributed by atoms with Gasteiger partial charge in [-0.2, -0.15) is 0 Å². The minimum Gasteiger partial charge on any atom is -0.462 e. The van der Waals surface area contributed by atoms with E-state index in [9.17, 15) is 9.59 Å². The molecule has 8 atom stereocenters. The van der Waals surface area contributed by atoms with Crippen molar-refractivity contribution >= 4 is 11.9 Å². The summed E-state index contributed by atoms with van der Waals surface area (Å²) in [6, 6.07) is 0. The summed E-state index contributed by atoms with van der Waals surface area (Å²) in [7, 11) is 0. The number of rotatable bonds is 6. The number of carbonyl (C=O) groups excluding carboxylic acids is 2. The highest BCUT2D eigenvalue weighted by atomic mass is 16.6. The van der Waals surface area contributed by atoms with Gasteiger partial charge < -0.3 is 18.9 Å². The number of unbranched alkanes of at least 4 members (excludes halogenated alkanes) is 2. The van der Waals surface area contributed by atoms with Crippen molar-refractivity contribution in [3.8, 4) is 0 Å². The second kappa shape index (κ2) is 15.5. The zero-order chi connectivity index (χ0) is 26.6. The number of hydrogen-bond donors (Lipinski definition) is 0. The molecule has 3 aliphatic heterocycles. The van der Waals surface area contributed by atoms with Crippen molar-refractivity contribution in [3.63, 3.8) is 0 Å². The van der Waals surface area contributed by atoms with Crippen LogP contribution in [0, 0.1) is 11.8 Å². The van der Waals surface area contributed by atoms with Crippen LogP contribution in [-0.2, 0) is 28.5 Å². The molecule has 6 nitrogen and oxygen atoms in total. The molecule has 3 heterocycles. The molecule has 6 heteroatoms. The first kappa shape index (κ1) is 29.6. The van der Waals surface area contributed by atoms with Gasteiger partial charge in [-0.3, -0.25) is 9.59 Å². The Morgan fingerprint density at radius 1 is 1.00 bits per heavy atom. The summed E-state index contributed by atoms with van der Waals surface area (Å²) in [5.74, 6) is -0.174. The lowest BCUT2D eigenvalue weighted by Crippen LogP contribution is -2.42. The molecule has 0 amide bonds. The van der Waals surface area contributed by atoms with Crippen LogP contribution in [0.25, 0.3) is 0 Å². The molecule has 208 valence electrons. The van der Waals surface area contributed by atoms with E-state index >= 15 is 0 Å². The molecular weight excluding hydrogens is 468 g/mol. The Hall–Kier alpha value is -1.92. The fourth-order valence-electron chi connectivity index (χ4n) is 5.65. The third-order valence-corrected chi connectivity index (χ3v) is 7.56. The summed E-state index contributed by atoms with van der Waals surface area (Å²) in [5.41, 5.74) is 0. The van der Waals surface area contributed by atoms with Crippen LogP contribution in [0.3, 0.4) is 0 Å². The van der Waals surface area contributed by atoms with Gasteiger partial charge in [-0.15, -0.1) is 0 Å². The summed E-state index contributed by atoms with van der Waals surface area (Å²) < 4.78 is 24.4. The van der Waals surface area contributed by atoms with Gasteiger partial charge in [0.1, 0.15) is 12.2 Å². The van der Waals surface area contributed by atoms with E-state index < -0.39 is 0 Å². The third kappa shape index (κ3) is 10.8. The van der Waals surface area contributed by atoms with Crippen LogP contribution < -0.4 is 0 Å². The molecule has 37 heavy (non-hydrogen) atoms. The Kier molecular flexibility index (Phi) is 12.4. The molecule has 3 aliphatic rings. The van der Waals surface area contributed by atoms with Crippen molar-refractivity contribution in [3.05, 3.63) is 36.5 Å². The summed E-state index contributed by atoms with van der Waals surface area (Å²) in [4.78, 5) is 24.8. The van der Waals surface area contributed by atoms with E-state index in [0.717, 1.165) is 38.5 Å². The molecule has 0 aromatic carbocycles. The third-order valence-electron chi connectivity index (χ3n) is 7.56. The number of hydrogen-bond acceptors (Lipinski definition) is 6. The smallest absolute Gasteiger partial charge is 0.309 e. The lowest BCUT2D eigenvalue weighted by atomic mass is 9.90. The van der Waals surface area contributed by atoms with E-state index in [-0.39, 0.29) is 60.9 Å². The molecule has 0 aromatic heterocycles. The highest BCUT2D eigenvalue weighted by Gasteiger charge is 2.36. The predicted molar refractivity (Wildman–Crippen MR) is 145 cm³/mol. The summed E-state index contributed by atoms with van der Waals surface area (Å²) in [6.07, 6.45) is 21.6. The van der Waals surface area contributed by atoms with Gasteiger partial charge in [0.05, 0.1) is 30.8 Å². The first-order valence-electron chi connectivity index (χ1n) is 14.5. The van der Waals surface area contributed by atoms with Crippen LogP contribution in [0.1, 0.15) is 98.3 Å². The maximum absolute atomic E-state index is 13.1. The highest BCUT2D eigenvalue weighted by molar-refractivity contribution is 5.70. The van der Waals surface area contributed by atoms with Crippen LogP contribution in [0.5, 0.6) is 0 Å². The van der Waals surface area contributed by atoms with Crippen LogP contribution in [0.2, 0.25) is 0 Å². The van der Waals surface area contributed by atoms with Crippen molar-refractivity contribution < 1.29 is 28.5 Å². The fourth-order valence-corrected chi connectivity index (χ4v) is 5.65. The molecule has 0 aromatic rings. The Morgan fingerprint density at radius 3 is 2.49 bits per heavy atom. The van der Waals surface area contributed by atoms with Crippen molar-refractivity contribution in [2.24, 2.45) is 11.8 Å². The monoisotopic (exact) mass is 516 g/mol. The number of ether oxygens (including phenoxy) is 4. The van der Waals surface area contributed by atoms with E-state index in [1.54, 1.807) is 0 Å². The normalized spacial score (nSPS) is 36.8. The summed E-state index contributed by atoms with van der Waals surface area (Å²) >= 11 is 0. The van der Waals surface area contributed by atoms with Gasteiger partial charge in [0.15, 0.2) is 0 Å². The minimum atomic E-state index is -0.362. The van der Waals surface area contributed by atoms with E-state index in [2.05, 4.69) is 39.0 Å². The molecule has 0 aliphatic carbocycles. The highest BCUT2D eigenvalue weighted by Crippen LogP contribution is 2.32. The van der Waals surface area contributed by atoms with Gasteiger partial charge in [-0.05, 0) is 50.5 Å². The number of fused-ring (bicyclic) bond motifs is 4. The van der Waals surface area contributed by atoms with Crippen molar-refractivity contribution in [1.29, 1.82) is 0 Å². The Balaban J connectivity index is 1.77. The van der Waals surface area contributed by atoms with Crippen molar-refractivity contribution in [2.75, 3.05) is 0 Å². The Labute approximate surface area is 223 Å². The van der Waals surface area contributed by atoms with Gasteiger partial charge in [0.2, 0.25) is 0 Å². The van der Waals surface area contributed by atoms with E-state index in [1.807, 2.05) is 18.2 Å². The quantitative estimate of drug-likeness (QED) is 0.171. The minimum absolute atomic E-state index is 0.0356.